The summed E-state index contributed by atoms with van der Waals surface area (Å²) in [6.45, 7) is 6.89. The third-order valence-corrected chi connectivity index (χ3v) is 3.36. The number of nitrogens with two attached hydrogens (primary N) is 1. The molecule has 2 heteroatoms. The van der Waals surface area contributed by atoms with Crippen LogP contribution in [0.3, 0.4) is 0 Å². The molecular formula is C9H18N2. The minimum absolute atomic E-state index is 0.463. The first kappa shape index (κ1) is 7.56. The zero-order valence-electron chi connectivity index (χ0n) is 7.51. The predicted octanol–water partition coefficient (Wildman–Crippen LogP) is 0.818. The summed E-state index contributed by atoms with van der Waals surface area (Å²) >= 11 is 0. The molecule has 0 aromatic heterocycles. The van der Waals surface area contributed by atoms with Crippen molar-refractivity contribution in [2.75, 3.05) is 13.1 Å². The molecule has 1 saturated carbocycles. The largest absolute Gasteiger partial charge is 0.326 e. The SMILES string of the molecule is CC(C)N1CC(N)C2(CC2)C1. The lowest BCUT2D eigenvalue weighted by Gasteiger charge is -2.19. The Balaban J connectivity index is 2.01. The molecule has 64 valence electrons. The molecule has 2 rings (SSSR count). The molecule has 0 aromatic carbocycles. The van der Waals surface area contributed by atoms with Gasteiger partial charge in [0.25, 0.3) is 0 Å². The van der Waals surface area contributed by atoms with E-state index >= 15 is 0 Å². The van der Waals surface area contributed by atoms with Crippen LogP contribution in [0, 0.1) is 5.41 Å². The summed E-state index contributed by atoms with van der Waals surface area (Å²) < 4.78 is 0. The van der Waals surface area contributed by atoms with Crippen molar-refractivity contribution in [3.05, 3.63) is 0 Å². The van der Waals surface area contributed by atoms with Crippen LogP contribution in [0.25, 0.3) is 0 Å². The van der Waals surface area contributed by atoms with Crippen molar-refractivity contribution >= 4 is 0 Å². The first-order valence-electron chi connectivity index (χ1n) is 4.64. The predicted molar refractivity (Wildman–Crippen MR) is 46.4 cm³/mol. The molecule has 1 aliphatic carbocycles. The Morgan fingerprint density at radius 3 is 2.36 bits per heavy atom. The van der Waals surface area contributed by atoms with Crippen LogP contribution >= 0.6 is 0 Å². The lowest BCUT2D eigenvalue weighted by atomic mass is 10.0. The molecule has 2 aliphatic rings. The molecule has 1 saturated heterocycles. The van der Waals surface area contributed by atoms with Crippen molar-refractivity contribution in [1.82, 2.24) is 4.90 Å². The Labute approximate surface area is 68.7 Å². The summed E-state index contributed by atoms with van der Waals surface area (Å²) in [6.07, 6.45) is 2.74. The van der Waals surface area contributed by atoms with Gasteiger partial charge in [-0.2, -0.15) is 0 Å². The maximum absolute atomic E-state index is 6.06. The first-order chi connectivity index (χ1) is 5.14. The lowest BCUT2D eigenvalue weighted by Crippen LogP contribution is -2.32. The molecule has 0 amide bonds. The van der Waals surface area contributed by atoms with Crippen LogP contribution in [-0.2, 0) is 0 Å². The van der Waals surface area contributed by atoms with Gasteiger partial charge in [-0.3, -0.25) is 4.90 Å². The standard InChI is InChI=1S/C9H18N2/c1-7(2)11-5-8(10)9(6-11)3-4-9/h7-8H,3-6,10H2,1-2H3. The number of nitrogens with zero attached hydrogens (tertiary/aromatic N) is 1. The van der Waals surface area contributed by atoms with E-state index < -0.39 is 0 Å². The molecule has 2 fully saturated rings. The Morgan fingerprint density at radius 2 is 2.09 bits per heavy atom. The highest BCUT2D eigenvalue weighted by Crippen LogP contribution is 2.52. The van der Waals surface area contributed by atoms with Gasteiger partial charge in [0, 0.05) is 25.2 Å². The maximum Gasteiger partial charge on any atom is 0.0237 e. The van der Waals surface area contributed by atoms with Crippen LogP contribution in [0.15, 0.2) is 0 Å². The number of rotatable bonds is 1. The second-order valence-electron chi connectivity index (χ2n) is 4.49. The molecule has 1 unspecified atom stereocenters. The normalized spacial score (nSPS) is 35.5. The van der Waals surface area contributed by atoms with Gasteiger partial charge in [-0.25, -0.2) is 0 Å². The van der Waals surface area contributed by atoms with Crippen LogP contribution in [0.2, 0.25) is 0 Å². The van der Waals surface area contributed by atoms with Crippen LogP contribution in [0.4, 0.5) is 0 Å². The van der Waals surface area contributed by atoms with E-state index in [1.807, 2.05) is 0 Å². The average molecular weight is 154 g/mol. The van der Waals surface area contributed by atoms with Crippen molar-refractivity contribution in [2.45, 2.75) is 38.8 Å². The topological polar surface area (TPSA) is 29.3 Å². The minimum Gasteiger partial charge on any atom is -0.326 e. The number of hydrogen-bond donors (Lipinski definition) is 1. The number of likely N-dealkylation sites (tertiary alicyclic amines) is 1. The van der Waals surface area contributed by atoms with Crippen LogP contribution in [0.1, 0.15) is 26.7 Å². The van der Waals surface area contributed by atoms with E-state index in [2.05, 4.69) is 18.7 Å². The summed E-state index contributed by atoms with van der Waals surface area (Å²) in [5.74, 6) is 0. The van der Waals surface area contributed by atoms with E-state index in [0.717, 1.165) is 6.54 Å². The van der Waals surface area contributed by atoms with Gasteiger partial charge in [0.05, 0.1) is 0 Å². The Kier molecular flexibility index (Phi) is 1.52. The van der Waals surface area contributed by atoms with Crippen molar-refractivity contribution < 1.29 is 0 Å². The molecule has 0 bridgehead atoms. The Morgan fingerprint density at radius 1 is 1.45 bits per heavy atom. The third kappa shape index (κ3) is 1.09. The molecule has 0 aromatic rings. The minimum atomic E-state index is 0.463. The zero-order valence-corrected chi connectivity index (χ0v) is 7.51. The molecule has 1 spiro atoms. The van der Waals surface area contributed by atoms with E-state index in [1.165, 1.54) is 19.4 Å². The zero-order chi connectivity index (χ0) is 8.06. The summed E-state index contributed by atoms with van der Waals surface area (Å²) in [4.78, 5) is 2.51. The highest BCUT2D eigenvalue weighted by Gasteiger charge is 2.53. The van der Waals surface area contributed by atoms with E-state index in [-0.39, 0.29) is 0 Å². The van der Waals surface area contributed by atoms with Gasteiger partial charge in [0.2, 0.25) is 0 Å². The Hall–Kier alpha value is -0.0800. The van der Waals surface area contributed by atoms with Gasteiger partial charge in [0.1, 0.15) is 0 Å². The van der Waals surface area contributed by atoms with Crippen molar-refractivity contribution in [1.29, 1.82) is 0 Å². The molecule has 2 N–H and O–H groups in total. The lowest BCUT2D eigenvalue weighted by molar-refractivity contribution is 0.261. The summed E-state index contributed by atoms with van der Waals surface area (Å²) in [5, 5.41) is 0. The van der Waals surface area contributed by atoms with Crippen molar-refractivity contribution in [3.63, 3.8) is 0 Å². The quantitative estimate of drug-likeness (QED) is 0.606. The fraction of sp³-hybridized carbons (Fsp3) is 1.00. The van der Waals surface area contributed by atoms with Crippen molar-refractivity contribution in [2.24, 2.45) is 11.1 Å². The second kappa shape index (κ2) is 2.20. The van der Waals surface area contributed by atoms with Crippen molar-refractivity contribution in [3.8, 4) is 0 Å². The van der Waals surface area contributed by atoms with Gasteiger partial charge in [-0.05, 0) is 32.1 Å². The maximum atomic E-state index is 6.06. The molecule has 1 atom stereocenters. The van der Waals surface area contributed by atoms with E-state index in [9.17, 15) is 0 Å². The van der Waals surface area contributed by atoms with E-state index in [0.29, 0.717) is 17.5 Å². The molecule has 11 heavy (non-hydrogen) atoms. The number of hydrogen-bond acceptors (Lipinski definition) is 2. The van der Waals surface area contributed by atoms with E-state index in [1.54, 1.807) is 0 Å². The first-order valence-corrected chi connectivity index (χ1v) is 4.64. The van der Waals surface area contributed by atoms with E-state index in [4.69, 9.17) is 5.73 Å². The molecule has 0 radical (unpaired) electrons. The van der Waals surface area contributed by atoms with Crippen LogP contribution < -0.4 is 5.73 Å². The summed E-state index contributed by atoms with van der Waals surface area (Å²) in [6, 6.07) is 1.14. The molecule has 1 aliphatic heterocycles. The van der Waals surface area contributed by atoms with Gasteiger partial charge >= 0.3 is 0 Å². The van der Waals surface area contributed by atoms with Crippen LogP contribution in [-0.4, -0.2) is 30.1 Å². The molecule has 2 nitrogen and oxygen atoms in total. The van der Waals surface area contributed by atoms with Gasteiger partial charge < -0.3 is 5.73 Å². The highest BCUT2D eigenvalue weighted by molar-refractivity contribution is 5.08. The second-order valence-corrected chi connectivity index (χ2v) is 4.49. The van der Waals surface area contributed by atoms with Gasteiger partial charge in [-0.1, -0.05) is 0 Å². The summed E-state index contributed by atoms with van der Waals surface area (Å²) in [7, 11) is 0. The Bertz CT molecular complexity index is 161. The third-order valence-electron chi connectivity index (χ3n) is 3.36. The van der Waals surface area contributed by atoms with Crippen LogP contribution in [0.5, 0.6) is 0 Å². The van der Waals surface area contributed by atoms with Gasteiger partial charge in [0.15, 0.2) is 0 Å². The summed E-state index contributed by atoms with van der Waals surface area (Å²) in [5.41, 5.74) is 6.62. The highest BCUT2D eigenvalue weighted by atomic mass is 15.2. The fourth-order valence-corrected chi connectivity index (χ4v) is 2.12. The average Bonchev–Trinajstić information content (AvgIpc) is 2.59. The smallest absolute Gasteiger partial charge is 0.0237 e. The monoisotopic (exact) mass is 154 g/mol. The van der Waals surface area contributed by atoms with Gasteiger partial charge in [-0.15, -0.1) is 0 Å². The molecular weight excluding hydrogens is 136 g/mol. The molecule has 1 heterocycles. The fourth-order valence-electron chi connectivity index (χ4n) is 2.12.